The Hall–Kier alpha value is -3.80. The number of fused-ring (bicyclic) bond motifs is 4. The number of nitrogens with zero attached hydrogens (tertiary/aromatic N) is 6. The Morgan fingerprint density at radius 3 is 2.71 bits per heavy atom. The zero-order valence-electron chi connectivity index (χ0n) is 20.0. The lowest BCUT2D eigenvalue weighted by atomic mass is 10.1. The molecule has 12 nitrogen and oxygen atoms in total. The second-order valence-electron chi connectivity index (χ2n) is 8.89. The second kappa shape index (κ2) is 10.4. The van der Waals surface area contributed by atoms with Gasteiger partial charge in [0, 0.05) is 19.7 Å². The standard InChI is InChI=1S/C15H16N4O2.C7H15N3O3/c1-17-13-8-18-9-14(12(13)7-16-17)19(15(18)20)21-10-11-5-3-2-4-6-11;1-7(2,3)13-6(11)9-10(4)5-8-12/h2-7,14H,8-10H2,1H3;5,12H,1-4H3,(H,9,11)/b;8-5-. The van der Waals surface area contributed by atoms with Crippen molar-refractivity contribution < 1.29 is 24.4 Å². The topological polar surface area (TPSA) is 125 Å². The highest BCUT2D eigenvalue weighted by Gasteiger charge is 2.45. The van der Waals surface area contributed by atoms with Crippen LogP contribution in [0, 0.1) is 0 Å². The molecule has 2 aromatic rings. The van der Waals surface area contributed by atoms with E-state index in [4.69, 9.17) is 14.8 Å². The quantitative estimate of drug-likeness (QED) is 0.296. The largest absolute Gasteiger partial charge is 0.443 e. The smallest absolute Gasteiger partial charge is 0.426 e. The van der Waals surface area contributed by atoms with Crippen molar-refractivity contribution in [2.75, 3.05) is 13.6 Å². The molecule has 3 amide bonds. The number of nitrogens with one attached hydrogen (secondary N) is 1. The maximum atomic E-state index is 12.4. The minimum Gasteiger partial charge on any atom is -0.443 e. The van der Waals surface area contributed by atoms with Gasteiger partial charge in [0.15, 0.2) is 0 Å². The summed E-state index contributed by atoms with van der Waals surface area (Å²) in [6.07, 6.45) is 2.27. The molecular weight excluding hydrogens is 442 g/mol. The molecule has 2 aliphatic rings. The minimum absolute atomic E-state index is 0.0568. The molecule has 3 heterocycles. The third-order valence-electron chi connectivity index (χ3n) is 5.03. The zero-order valence-corrected chi connectivity index (χ0v) is 20.0. The minimum atomic E-state index is -0.602. The fourth-order valence-electron chi connectivity index (χ4n) is 3.54. The average molecular weight is 474 g/mol. The van der Waals surface area contributed by atoms with Crippen LogP contribution in [0.4, 0.5) is 9.59 Å². The first-order valence-electron chi connectivity index (χ1n) is 10.7. The first-order valence-corrected chi connectivity index (χ1v) is 10.7. The molecule has 184 valence electrons. The molecular formula is C22H31N7O5. The fourth-order valence-corrected chi connectivity index (χ4v) is 3.54. The summed E-state index contributed by atoms with van der Waals surface area (Å²) in [6.45, 7) is 6.94. The number of hydroxylamine groups is 2. The van der Waals surface area contributed by atoms with E-state index in [0.717, 1.165) is 23.2 Å². The average Bonchev–Trinajstić information content (AvgIpc) is 3.25. The maximum Gasteiger partial charge on any atom is 0.426 e. The van der Waals surface area contributed by atoms with Gasteiger partial charge in [-0.05, 0) is 26.3 Å². The summed E-state index contributed by atoms with van der Waals surface area (Å²) < 4.78 is 6.76. The Kier molecular flexibility index (Phi) is 7.61. The van der Waals surface area contributed by atoms with Gasteiger partial charge < -0.3 is 14.8 Å². The van der Waals surface area contributed by atoms with E-state index in [-0.39, 0.29) is 12.1 Å². The number of hydrogen-bond acceptors (Lipinski definition) is 7. The Bertz CT molecular complexity index is 1020. The van der Waals surface area contributed by atoms with Crippen LogP contribution in [0.2, 0.25) is 0 Å². The molecule has 0 spiro atoms. The first kappa shape index (κ1) is 24.8. The number of carbonyl (C=O) groups excluding carboxylic acids is 2. The maximum absolute atomic E-state index is 12.4. The Morgan fingerprint density at radius 2 is 2.06 bits per heavy atom. The lowest BCUT2D eigenvalue weighted by Gasteiger charge is -2.22. The SMILES string of the molecule is CN(/C=N\O)NC(=O)OC(C)(C)C.Cn1ncc2c1CN1CC2N(OCc2ccccc2)C1=O. The van der Waals surface area contributed by atoms with Crippen LogP contribution in [0.25, 0.3) is 0 Å². The van der Waals surface area contributed by atoms with E-state index < -0.39 is 11.7 Å². The second-order valence-corrected chi connectivity index (χ2v) is 8.89. The van der Waals surface area contributed by atoms with Crippen LogP contribution in [-0.2, 0) is 29.8 Å². The molecule has 0 aliphatic carbocycles. The summed E-state index contributed by atoms with van der Waals surface area (Å²) in [5.74, 6) is 0. The number of hydrazine groups is 1. The van der Waals surface area contributed by atoms with Crippen molar-refractivity contribution in [1.29, 1.82) is 0 Å². The molecule has 1 saturated heterocycles. The van der Waals surface area contributed by atoms with E-state index in [0.29, 0.717) is 19.7 Å². The molecule has 4 rings (SSSR count). The predicted octanol–water partition coefficient (Wildman–Crippen LogP) is 2.62. The fraction of sp³-hybridized carbons (Fsp3) is 0.455. The number of aryl methyl sites for hydroxylation is 1. The lowest BCUT2D eigenvalue weighted by Crippen LogP contribution is -2.41. The van der Waals surface area contributed by atoms with Crippen molar-refractivity contribution in [2.45, 2.75) is 45.6 Å². The van der Waals surface area contributed by atoms with Crippen molar-refractivity contribution in [2.24, 2.45) is 12.2 Å². The van der Waals surface area contributed by atoms with E-state index in [1.807, 2.05) is 48.3 Å². The van der Waals surface area contributed by atoms with E-state index in [1.165, 1.54) is 17.1 Å². The van der Waals surface area contributed by atoms with E-state index >= 15 is 0 Å². The van der Waals surface area contributed by atoms with Crippen LogP contribution in [0.1, 0.15) is 43.6 Å². The highest BCUT2D eigenvalue weighted by Crippen LogP contribution is 2.37. The van der Waals surface area contributed by atoms with E-state index in [2.05, 4.69) is 15.7 Å². The van der Waals surface area contributed by atoms with Crippen LogP contribution in [0.5, 0.6) is 0 Å². The van der Waals surface area contributed by atoms with Crippen molar-refractivity contribution >= 4 is 18.5 Å². The highest BCUT2D eigenvalue weighted by atomic mass is 16.7. The van der Waals surface area contributed by atoms with E-state index in [1.54, 1.807) is 25.7 Å². The number of amides is 3. The van der Waals surface area contributed by atoms with Crippen molar-refractivity contribution in [3.05, 3.63) is 53.3 Å². The summed E-state index contributed by atoms with van der Waals surface area (Å²) >= 11 is 0. The molecule has 2 aliphatic heterocycles. The Morgan fingerprint density at radius 1 is 1.35 bits per heavy atom. The predicted molar refractivity (Wildman–Crippen MR) is 122 cm³/mol. The molecule has 1 unspecified atom stereocenters. The molecule has 1 aromatic heterocycles. The van der Waals surface area contributed by atoms with Crippen LogP contribution in [0.15, 0.2) is 41.7 Å². The van der Waals surface area contributed by atoms with Crippen molar-refractivity contribution in [1.82, 2.24) is 30.2 Å². The zero-order chi connectivity index (χ0) is 24.9. The van der Waals surface area contributed by atoms with Gasteiger partial charge >= 0.3 is 12.1 Å². The number of benzene rings is 1. The van der Waals surface area contributed by atoms with Crippen molar-refractivity contribution in [3.63, 3.8) is 0 Å². The number of carbonyl (C=O) groups is 2. The number of ether oxygens (including phenoxy) is 1. The molecule has 12 heteroatoms. The normalized spacial score (nSPS) is 16.7. The van der Waals surface area contributed by atoms with Crippen LogP contribution >= 0.6 is 0 Å². The summed E-state index contributed by atoms with van der Waals surface area (Å²) in [5, 5.41) is 17.8. The molecule has 2 bridgehead atoms. The van der Waals surface area contributed by atoms with Crippen LogP contribution in [0.3, 0.4) is 0 Å². The summed E-state index contributed by atoms with van der Waals surface area (Å²) in [5.41, 5.74) is 4.99. The third-order valence-corrected chi connectivity index (χ3v) is 5.03. The summed E-state index contributed by atoms with van der Waals surface area (Å²) in [7, 11) is 3.41. The molecule has 1 atom stereocenters. The summed E-state index contributed by atoms with van der Waals surface area (Å²) in [6, 6.07) is 9.75. The molecule has 34 heavy (non-hydrogen) atoms. The summed E-state index contributed by atoms with van der Waals surface area (Å²) in [4.78, 5) is 31.0. The third kappa shape index (κ3) is 6.16. The van der Waals surface area contributed by atoms with Gasteiger partial charge in [-0.2, -0.15) is 10.2 Å². The van der Waals surface area contributed by atoms with Gasteiger partial charge in [-0.3, -0.25) is 14.5 Å². The van der Waals surface area contributed by atoms with Gasteiger partial charge in [0.05, 0.1) is 25.0 Å². The van der Waals surface area contributed by atoms with Gasteiger partial charge in [-0.1, -0.05) is 35.5 Å². The molecule has 0 saturated carbocycles. The van der Waals surface area contributed by atoms with Gasteiger partial charge in [-0.15, -0.1) is 0 Å². The number of hydrogen-bond donors (Lipinski definition) is 2. The molecule has 1 aromatic carbocycles. The van der Waals surface area contributed by atoms with Gasteiger partial charge in [0.1, 0.15) is 24.6 Å². The monoisotopic (exact) mass is 473 g/mol. The molecule has 2 N–H and O–H groups in total. The van der Waals surface area contributed by atoms with Crippen LogP contribution < -0.4 is 5.43 Å². The number of oxime groups is 1. The molecule has 1 fully saturated rings. The Balaban J connectivity index is 0.000000218. The number of urea groups is 1. The van der Waals surface area contributed by atoms with Gasteiger partial charge in [0.2, 0.25) is 0 Å². The Labute approximate surface area is 198 Å². The van der Waals surface area contributed by atoms with E-state index in [9.17, 15) is 9.59 Å². The van der Waals surface area contributed by atoms with Crippen LogP contribution in [-0.4, -0.2) is 67.6 Å². The lowest BCUT2D eigenvalue weighted by molar-refractivity contribution is -0.141. The van der Waals surface area contributed by atoms with Gasteiger partial charge in [-0.25, -0.2) is 15.0 Å². The highest BCUT2D eigenvalue weighted by molar-refractivity contribution is 5.77. The first-order chi connectivity index (χ1) is 16.1. The van der Waals surface area contributed by atoms with Gasteiger partial charge in [0.25, 0.3) is 0 Å². The molecule has 0 radical (unpaired) electrons. The number of aromatic nitrogens is 2. The number of rotatable bonds is 5. The van der Waals surface area contributed by atoms with Crippen molar-refractivity contribution in [3.8, 4) is 0 Å².